The van der Waals surface area contributed by atoms with Gasteiger partial charge in [0, 0.05) is 31.8 Å². The van der Waals surface area contributed by atoms with Crippen LogP contribution in [0.25, 0.3) is 0 Å². The average molecular weight is 463 g/mol. The van der Waals surface area contributed by atoms with E-state index < -0.39 is 11.6 Å². The molecule has 3 saturated heterocycles. The summed E-state index contributed by atoms with van der Waals surface area (Å²) in [5.41, 5.74) is 0.325. The van der Waals surface area contributed by atoms with E-state index in [1.165, 1.54) is 4.90 Å². The van der Waals surface area contributed by atoms with E-state index in [1.807, 2.05) is 41.3 Å². The number of hydrogen-bond donors (Lipinski definition) is 1. The quantitative estimate of drug-likeness (QED) is 0.666. The number of aromatic nitrogens is 1. The van der Waals surface area contributed by atoms with Crippen molar-refractivity contribution in [1.82, 2.24) is 20.1 Å². The van der Waals surface area contributed by atoms with Crippen LogP contribution in [0.5, 0.6) is 0 Å². The largest absolute Gasteiger partial charge is 0.376 e. The number of carbonyl (C=O) groups excluding carboxylic acids is 3. The molecule has 1 aromatic heterocycles. The summed E-state index contributed by atoms with van der Waals surface area (Å²) in [6.45, 7) is 2.00. The van der Waals surface area contributed by atoms with E-state index in [2.05, 4.69) is 10.3 Å². The molecule has 3 aliphatic rings. The molecule has 4 heterocycles. The first-order chi connectivity index (χ1) is 16.6. The SMILES string of the molecule is O=C(Cc1ccccc1)N1CCC([C@@]2(c3ccccn3)NC(=O)N(C[C@@H]3CCCO3)C2=O)CC1. The van der Waals surface area contributed by atoms with Crippen molar-refractivity contribution in [2.45, 2.75) is 43.7 Å². The molecule has 3 aliphatic heterocycles. The van der Waals surface area contributed by atoms with Crippen LogP contribution in [0.15, 0.2) is 54.7 Å². The molecule has 4 amide bonds. The lowest BCUT2D eigenvalue weighted by atomic mass is 9.75. The van der Waals surface area contributed by atoms with E-state index in [4.69, 9.17) is 4.74 Å². The van der Waals surface area contributed by atoms with Gasteiger partial charge in [-0.15, -0.1) is 0 Å². The Hall–Kier alpha value is -3.26. The predicted molar refractivity (Wildman–Crippen MR) is 125 cm³/mol. The summed E-state index contributed by atoms with van der Waals surface area (Å²) in [4.78, 5) is 47.4. The number of imide groups is 1. The van der Waals surface area contributed by atoms with Gasteiger partial charge in [-0.05, 0) is 43.4 Å². The van der Waals surface area contributed by atoms with Crippen LogP contribution in [0.2, 0.25) is 0 Å². The second kappa shape index (κ2) is 9.54. The molecule has 178 valence electrons. The fourth-order valence-electron chi connectivity index (χ4n) is 5.45. The molecule has 0 unspecified atom stereocenters. The van der Waals surface area contributed by atoms with Crippen LogP contribution in [-0.2, 0) is 26.3 Å². The van der Waals surface area contributed by atoms with Gasteiger partial charge in [0.2, 0.25) is 5.91 Å². The highest BCUT2D eigenvalue weighted by atomic mass is 16.5. The minimum absolute atomic E-state index is 0.0818. The highest BCUT2D eigenvalue weighted by molar-refractivity contribution is 6.07. The van der Waals surface area contributed by atoms with E-state index in [0.29, 0.717) is 44.7 Å². The minimum Gasteiger partial charge on any atom is -0.376 e. The molecule has 0 spiro atoms. The van der Waals surface area contributed by atoms with Gasteiger partial charge in [0.25, 0.3) is 5.91 Å². The molecular weight excluding hydrogens is 432 g/mol. The number of piperidine rings is 1. The lowest BCUT2D eigenvalue weighted by Gasteiger charge is -2.40. The number of hydrogen-bond acceptors (Lipinski definition) is 5. The van der Waals surface area contributed by atoms with Crippen molar-refractivity contribution < 1.29 is 19.1 Å². The Bertz CT molecular complexity index is 1030. The lowest BCUT2D eigenvalue weighted by molar-refractivity contribution is -0.137. The van der Waals surface area contributed by atoms with Crippen LogP contribution in [-0.4, -0.2) is 65.0 Å². The third-order valence-corrected chi connectivity index (χ3v) is 7.27. The van der Waals surface area contributed by atoms with Crippen molar-refractivity contribution in [3.8, 4) is 0 Å². The Morgan fingerprint density at radius 3 is 2.50 bits per heavy atom. The van der Waals surface area contributed by atoms with Crippen molar-refractivity contribution in [3.63, 3.8) is 0 Å². The Morgan fingerprint density at radius 2 is 1.82 bits per heavy atom. The van der Waals surface area contributed by atoms with Gasteiger partial charge in [-0.1, -0.05) is 36.4 Å². The van der Waals surface area contributed by atoms with Gasteiger partial charge in [0.05, 0.1) is 24.8 Å². The molecule has 2 aromatic rings. The molecule has 3 fully saturated rings. The number of urea groups is 1. The molecule has 34 heavy (non-hydrogen) atoms. The first kappa shape index (κ1) is 22.5. The molecule has 5 rings (SSSR count). The Balaban J connectivity index is 1.34. The molecule has 0 aliphatic carbocycles. The Morgan fingerprint density at radius 1 is 1.06 bits per heavy atom. The highest BCUT2D eigenvalue weighted by Gasteiger charge is 2.58. The number of nitrogens with one attached hydrogen (secondary N) is 1. The van der Waals surface area contributed by atoms with E-state index in [9.17, 15) is 14.4 Å². The number of carbonyl (C=O) groups is 3. The Labute approximate surface area is 199 Å². The van der Waals surface area contributed by atoms with Crippen molar-refractivity contribution in [3.05, 3.63) is 66.0 Å². The van der Waals surface area contributed by atoms with Crippen LogP contribution < -0.4 is 5.32 Å². The summed E-state index contributed by atoms with van der Waals surface area (Å²) in [7, 11) is 0. The van der Waals surface area contributed by atoms with E-state index in [1.54, 1.807) is 18.3 Å². The molecule has 0 saturated carbocycles. The number of amides is 4. The second-order valence-corrected chi connectivity index (χ2v) is 9.32. The van der Waals surface area contributed by atoms with Crippen LogP contribution in [0.1, 0.15) is 36.9 Å². The van der Waals surface area contributed by atoms with Crippen LogP contribution in [0.3, 0.4) is 0 Å². The van der Waals surface area contributed by atoms with Crippen LogP contribution >= 0.6 is 0 Å². The molecule has 8 nitrogen and oxygen atoms in total. The average Bonchev–Trinajstić information content (AvgIpc) is 3.48. The van der Waals surface area contributed by atoms with Gasteiger partial charge in [-0.2, -0.15) is 0 Å². The van der Waals surface area contributed by atoms with Crippen molar-refractivity contribution in [1.29, 1.82) is 0 Å². The maximum absolute atomic E-state index is 13.8. The van der Waals surface area contributed by atoms with Crippen LogP contribution in [0, 0.1) is 5.92 Å². The van der Waals surface area contributed by atoms with Crippen molar-refractivity contribution >= 4 is 17.8 Å². The van der Waals surface area contributed by atoms with Gasteiger partial charge in [-0.3, -0.25) is 19.5 Å². The number of likely N-dealkylation sites (tertiary alicyclic amines) is 1. The van der Waals surface area contributed by atoms with Gasteiger partial charge in [-0.25, -0.2) is 4.79 Å². The number of ether oxygens (including phenoxy) is 1. The van der Waals surface area contributed by atoms with E-state index in [-0.39, 0.29) is 30.4 Å². The summed E-state index contributed by atoms with van der Waals surface area (Å²) < 4.78 is 5.69. The Kier molecular flexibility index (Phi) is 6.32. The summed E-state index contributed by atoms with van der Waals surface area (Å²) in [6, 6.07) is 14.8. The third-order valence-electron chi connectivity index (χ3n) is 7.27. The maximum atomic E-state index is 13.8. The van der Waals surface area contributed by atoms with E-state index in [0.717, 1.165) is 18.4 Å². The first-order valence-corrected chi connectivity index (χ1v) is 12.1. The van der Waals surface area contributed by atoms with Crippen molar-refractivity contribution in [2.75, 3.05) is 26.2 Å². The number of pyridine rings is 1. The standard InChI is InChI=1S/C26H30N4O4/c31-23(17-19-7-2-1-3-8-19)29-14-11-20(12-15-29)26(22-10-4-5-13-27-22)24(32)30(25(33)28-26)18-21-9-6-16-34-21/h1-5,7-8,10,13,20-21H,6,9,11-12,14-18H2,(H,28,33)/t21-,26-/m0/s1. The smallest absolute Gasteiger partial charge is 0.325 e. The molecule has 2 atom stereocenters. The molecule has 8 heteroatoms. The van der Waals surface area contributed by atoms with Gasteiger partial charge in [0.15, 0.2) is 5.54 Å². The monoisotopic (exact) mass is 462 g/mol. The maximum Gasteiger partial charge on any atom is 0.325 e. The zero-order valence-corrected chi connectivity index (χ0v) is 19.2. The number of nitrogens with zero attached hydrogens (tertiary/aromatic N) is 3. The number of rotatable bonds is 6. The fourth-order valence-corrected chi connectivity index (χ4v) is 5.45. The molecular formula is C26H30N4O4. The molecule has 0 bridgehead atoms. The predicted octanol–water partition coefficient (Wildman–Crippen LogP) is 2.49. The van der Waals surface area contributed by atoms with Gasteiger partial charge < -0.3 is 15.0 Å². The summed E-state index contributed by atoms with van der Waals surface area (Å²) >= 11 is 0. The summed E-state index contributed by atoms with van der Waals surface area (Å²) in [5, 5.41) is 3.03. The topological polar surface area (TPSA) is 91.8 Å². The van der Waals surface area contributed by atoms with Crippen LogP contribution in [0.4, 0.5) is 4.79 Å². The fraction of sp³-hybridized carbons (Fsp3) is 0.462. The molecule has 1 N–H and O–H groups in total. The zero-order valence-electron chi connectivity index (χ0n) is 19.2. The van der Waals surface area contributed by atoms with Crippen molar-refractivity contribution in [2.24, 2.45) is 5.92 Å². The number of benzene rings is 1. The first-order valence-electron chi connectivity index (χ1n) is 12.1. The highest BCUT2D eigenvalue weighted by Crippen LogP contribution is 2.41. The summed E-state index contributed by atoms with van der Waals surface area (Å²) in [5.74, 6) is -0.340. The molecule has 0 radical (unpaired) electrons. The zero-order chi connectivity index (χ0) is 23.5. The second-order valence-electron chi connectivity index (χ2n) is 9.32. The van der Waals surface area contributed by atoms with Gasteiger partial charge >= 0.3 is 6.03 Å². The van der Waals surface area contributed by atoms with E-state index >= 15 is 0 Å². The normalized spacial score (nSPS) is 25.6. The third kappa shape index (κ3) is 4.18. The summed E-state index contributed by atoms with van der Waals surface area (Å²) in [6.07, 6.45) is 4.89. The molecule has 1 aromatic carbocycles. The van der Waals surface area contributed by atoms with Gasteiger partial charge in [0.1, 0.15) is 0 Å². The minimum atomic E-state index is -1.22. The lowest BCUT2D eigenvalue weighted by Crippen LogP contribution is -2.55.